The lowest BCUT2D eigenvalue weighted by Crippen LogP contribution is -1.96. The molecule has 0 aliphatic rings. The molecule has 0 aliphatic heterocycles. The summed E-state index contributed by atoms with van der Waals surface area (Å²) in [6, 6.07) is 133. The Balaban J connectivity index is 0.000000134. The van der Waals surface area contributed by atoms with Crippen LogP contribution in [-0.4, -0.2) is 18.3 Å². The fraction of sp³-hybridized carbons (Fsp3) is 0. The summed E-state index contributed by atoms with van der Waals surface area (Å²) in [6.45, 7) is 0. The van der Waals surface area contributed by atoms with Gasteiger partial charge in [-0.15, -0.1) is 0 Å². The Morgan fingerprint density at radius 3 is 0.929 bits per heavy atom. The number of nitrogens with zero attached hydrogens (tertiary/aromatic N) is 4. The second-order valence-corrected chi connectivity index (χ2v) is 25.9. The lowest BCUT2D eigenvalue weighted by atomic mass is 9.97. The van der Waals surface area contributed by atoms with Gasteiger partial charge in [0.25, 0.3) is 0 Å². The SMILES string of the molecule is c1ccc(-c2ccc(-n3c4ccccc4c4cc(-c5ccc6c(c5)c5ccccc5n6-c5ccc6ccccc6c5)ccc43)c3ccccc23)cc1.c1ccc2cc(-n3c4ccccc4c4cc(-c5ccc6c(c5)c5ccccc5n6-c5cccc6ccccc56)ccc43)ccc2c1. The maximum Gasteiger partial charge on any atom is 0.0541 e. The van der Waals surface area contributed by atoms with Crippen molar-refractivity contribution in [3.8, 4) is 56.1 Å². The van der Waals surface area contributed by atoms with Crippen molar-refractivity contribution in [1.29, 1.82) is 0 Å². The highest BCUT2D eigenvalue weighted by atomic mass is 15.0. The van der Waals surface area contributed by atoms with Crippen LogP contribution in [0.4, 0.5) is 0 Å². The predicted molar refractivity (Wildman–Crippen MR) is 417 cm³/mol. The summed E-state index contributed by atoms with van der Waals surface area (Å²) in [7, 11) is 0. The molecule has 0 atom stereocenters. The van der Waals surface area contributed by atoms with Gasteiger partial charge in [-0.25, -0.2) is 0 Å². The molecule has 0 spiro atoms. The van der Waals surface area contributed by atoms with Crippen LogP contribution >= 0.6 is 0 Å². The Bertz CT molecular complexity index is 6810. The van der Waals surface area contributed by atoms with Gasteiger partial charge in [-0.2, -0.15) is 0 Å². The Labute approximate surface area is 565 Å². The number of hydrogen-bond acceptors (Lipinski definition) is 0. The van der Waals surface area contributed by atoms with E-state index < -0.39 is 0 Å². The van der Waals surface area contributed by atoms with E-state index in [1.807, 2.05) is 0 Å². The van der Waals surface area contributed by atoms with E-state index in [1.165, 1.54) is 186 Å². The minimum absolute atomic E-state index is 1.18. The number of fused-ring (bicyclic) bond motifs is 16. The standard InChI is InChI=1S/C50H32N2.C44H28N2/c1-2-13-34(14-3-1)39-26-29-48(41-17-7-6-16-40(39)41)52-47-21-11-9-19-43(47)45-32-37(24-28-50(45)52)36-23-27-49-44(31-36)42-18-8-10-20-46(42)51(49)38-25-22-33-12-4-5-15-35(33)30-38;1-2-12-31-26-34(23-20-29(31)10-1)45-41-17-7-5-15-36(41)38-27-32(21-24-43(38)45)33-22-25-44-39(28-33)37-16-6-8-18-42(37)46(44)40-19-9-13-30-11-3-4-14-35(30)40/h1-32H;1-28H. The largest absolute Gasteiger partial charge is 0.309 e. The van der Waals surface area contributed by atoms with Crippen LogP contribution in [0.2, 0.25) is 0 Å². The van der Waals surface area contributed by atoms with Crippen molar-refractivity contribution in [2.45, 2.75) is 0 Å². The maximum absolute atomic E-state index is 2.45. The second-order valence-electron chi connectivity index (χ2n) is 25.9. The van der Waals surface area contributed by atoms with Crippen molar-refractivity contribution in [2.24, 2.45) is 0 Å². The van der Waals surface area contributed by atoms with E-state index in [1.54, 1.807) is 0 Å². The molecule has 0 saturated heterocycles. The minimum Gasteiger partial charge on any atom is -0.309 e. The Morgan fingerprint density at radius 1 is 0.143 bits per heavy atom. The monoisotopic (exact) mass is 1240 g/mol. The van der Waals surface area contributed by atoms with E-state index in [-0.39, 0.29) is 0 Å². The summed E-state index contributed by atoms with van der Waals surface area (Å²) in [5.74, 6) is 0. The number of para-hydroxylation sites is 4. The third kappa shape index (κ3) is 8.78. The fourth-order valence-electron chi connectivity index (χ4n) is 16.1. The molecule has 0 radical (unpaired) electrons. The fourth-order valence-corrected chi connectivity index (χ4v) is 16.1. The molecule has 21 rings (SSSR count). The van der Waals surface area contributed by atoms with E-state index in [2.05, 4.69) is 382 Å². The van der Waals surface area contributed by atoms with E-state index in [9.17, 15) is 0 Å². The second kappa shape index (κ2) is 22.3. The Kier molecular flexibility index (Phi) is 12.6. The Hall–Kier alpha value is -13.0. The molecule has 4 nitrogen and oxygen atoms in total. The topological polar surface area (TPSA) is 19.7 Å². The minimum atomic E-state index is 1.18. The molecule has 4 heterocycles. The van der Waals surface area contributed by atoms with Crippen LogP contribution in [0.15, 0.2) is 364 Å². The first kappa shape index (κ1) is 55.4. The summed E-state index contributed by atoms with van der Waals surface area (Å²) in [6.07, 6.45) is 0. The van der Waals surface area contributed by atoms with Gasteiger partial charge in [0, 0.05) is 65.2 Å². The number of benzene rings is 17. The number of aromatic nitrogens is 4. The van der Waals surface area contributed by atoms with E-state index in [4.69, 9.17) is 0 Å². The van der Waals surface area contributed by atoms with Crippen LogP contribution in [0.3, 0.4) is 0 Å². The average Bonchev–Trinajstić information content (AvgIpc) is 1.57. The molecule has 21 aromatic rings. The Morgan fingerprint density at radius 2 is 0.469 bits per heavy atom. The third-order valence-electron chi connectivity index (χ3n) is 20.6. The van der Waals surface area contributed by atoms with Crippen molar-refractivity contribution >= 4 is 130 Å². The molecule has 17 aromatic carbocycles. The first-order valence-electron chi connectivity index (χ1n) is 33.8. The highest BCUT2D eigenvalue weighted by molar-refractivity contribution is 6.16. The smallest absolute Gasteiger partial charge is 0.0541 e. The van der Waals surface area contributed by atoms with Crippen LogP contribution in [0.5, 0.6) is 0 Å². The maximum atomic E-state index is 2.45. The molecule has 0 bridgehead atoms. The van der Waals surface area contributed by atoms with Gasteiger partial charge in [0.1, 0.15) is 0 Å². The highest BCUT2D eigenvalue weighted by Gasteiger charge is 2.21. The van der Waals surface area contributed by atoms with Crippen LogP contribution in [0, 0.1) is 0 Å². The van der Waals surface area contributed by atoms with Crippen molar-refractivity contribution in [1.82, 2.24) is 18.3 Å². The van der Waals surface area contributed by atoms with E-state index in [0.29, 0.717) is 0 Å². The van der Waals surface area contributed by atoms with Gasteiger partial charge >= 0.3 is 0 Å². The zero-order valence-corrected chi connectivity index (χ0v) is 53.4. The summed E-state index contributed by atoms with van der Waals surface area (Å²) in [5, 5.41) is 20.1. The molecule has 98 heavy (non-hydrogen) atoms. The van der Waals surface area contributed by atoms with Gasteiger partial charge in [-0.1, -0.05) is 255 Å². The zero-order chi connectivity index (χ0) is 64.4. The van der Waals surface area contributed by atoms with Crippen molar-refractivity contribution < 1.29 is 0 Å². The lowest BCUT2D eigenvalue weighted by molar-refractivity contribution is 1.19. The van der Waals surface area contributed by atoms with Gasteiger partial charge in [0.2, 0.25) is 0 Å². The number of hydrogen-bond donors (Lipinski definition) is 0. The van der Waals surface area contributed by atoms with Gasteiger partial charge in [-0.3, -0.25) is 0 Å². The molecule has 0 aliphatic carbocycles. The van der Waals surface area contributed by atoms with Gasteiger partial charge in [-0.05, 0) is 175 Å². The highest BCUT2D eigenvalue weighted by Crippen LogP contribution is 2.44. The molecular formula is C94H60N4. The van der Waals surface area contributed by atoms with Crippen LogP contribution < -0.4 is 0 Å². The lowest BCUT2D eigenvalue weighted by Gasteiger charge is -2.15. The third-order valence-corrected chi connectivity index (χ3v) is 20.6. The van der Waals surface area contributed by atoms with E-state index >= 15 is 0 Å². The average molecular weight is 1250 g/mol. The van der Waals surface area contributed by atoms with Crippen LogP contribution in [0.1, 0.15) is 0 Å². The summed E-state index contributed by atoms with van der Waals surface area (Å²) in [5.41, 5.74) is 21.8. The van der Waals surface area contributed by atoms with Crippen molar-refractivity contribution in [3.63, 3.8) is 0 Å². The molecular weight excluding hydrogens is 1190 g/mol. The molecule has 4 aromatic heterocycles. The molecule has 0 fully saturated rings. The van der Waals surface area contributed by atoms with Crippen molar-refractivity contribution in [2.75, 3.05) is 0 Å². The normalized spacial score (nSPS) is 11.9. The summed E-state index contributed by atoms with van der Waals surface area (Å²) in [4.78, 5) is 0. The molecule has 0 saturated carbocycles. The quantitative estimate of drug-likeness (QED) is 0.152. The van der Waals surface area contributed by atoms with Crippen LogP contribution in [0.25, 0.3) is 186 Å². The molecule has 0 unspecified atom stereocenters. The van der Waals surface area contributed by atoms with Gasteiger partial charge in [0.15, 0.2) is 0 Å². The van der Waals surface area contributed by atoms with Crippen LogP contribution in [-0.2, 0) is 0 Å². The van der Waals surface area contributed by atoms with E-state index in [0.717, 1.165) is 0 Å². The molecule has 4 heteroatoms. The zero-order valence-electron chi connectivity index (χ0n) is 53.4. The van der Waals surface area contributed by atoms with Gasteiger partial charge in [0.05, 0.1) is 55.5 Å². The predicted octanol–water partition coefficient (Wildman–Crippen LogP) is 25.4. The first-order valence-corrected chi connectivity index (χ1v) is 33.8. The molecule has 0 N–H and O–H groups in total. The van der Waals surface area contributed by atoms with Crippen molar-refractivity contribution in [3.05, 3.63) is 364 Å². The molecule has 456 valence electrons. The summed E-state index contributed by atoms with van der Waals surface area (Å²) >= 11 is 0. The number of rotatable bonds is 7. The first-order chi connectivity index (χ1) is 48.6. The summed E-state index contributed by atoms with van der Waals surface area (Å²) < 4.78 is 9.69. The van der Waals surface area contributed by atoms with Gasteiger partial charge < -0.3 is 18.3 Å². The molecule has 0 amide bonds.